The summed E-state index contributed by atoms with van der Waals surface area (Å²) in [6.07, 6.45) is 0.948. The van der Waals surface area contributed by atoms with Crippen LogP contribution in [0.25, 0.3) is 0 Å². The van der Waals surface area contributed by atoms with Gasteiger partial charge >= 0.3 is 0 Å². The Labute approximate surface area is 120 Å². The van der Waals surface area contributed by atoms with E-state index in [1.165, 1.54) is 11.6 Å². The number of rotatable bonds is 3. The van der Waals surface area contributed by atoms with Gasteiger partial charge in [0.25, 0.3) is 5.91 Å². The maximum Gasteiger partial charge on any atom is 0.258 e. The first kappa shape index (κ1) is 13.8. The third-order valence-corrected chi connectivity index (χ3v) is 3.05. The number of carbonyl (C=O) groups excluding carboxylic acids is 1. The van der Waals surface area contributed by atoms with Crippen LogP contribution in [0.4, 0.5) is 5.69 Å². The molecule has 1 aromatic carbocycles. The van der Waals surface area contributed by atoms with Crippen LogP contribution in [0.15, 0.2) is 30.3 Å². The first-order chi connectivity index (χ1) is 9.10. The Kier molecular flexibility index (Phi) is 4.35. The van der Waals surface area contributed by atoms with E-state index in [9.17, 15) is 4.79 Å². The highest BCUT2D eigenvalue weighted by Gasteiger charge is 2.13. The molecule has 19 heavy (non-hydrogen) atoms. The van der Waals surface area contributed by atoms with E-state index >= 15 is 0 Å². The molecule has 0 unspecified atom stereocenters. The standard InChI is InChI=1S/C13H11Cl2N3O/c1-2-8-3-5-9(6-4-8)16-13(19)10-7-11(14)17-18-12(10)15/h3-7H,2H2,1H3,(H,16,19). The molecule has 0 atom stereocenters. The number of nitrogens with zero attached hydrogens (tertiary/aromatic N) is 2. The lowest BCUT2D eigenvalue weighted by molar-refractivity contribution is 0.102. The van der Waals surface area contributed by atoms with Gasteiger partial charge in [-0.1, -0.05) is 42.3 Å². The Morgan fingerprint density at radius 2 is 1.89 bits per heavy atom. The summed E-state index contributed by atoms with van der Waals surface area (Å²) in [5, 5.41) is 10.0. The number of amides is 1. The monoisotopic (exact) mass is 295 g/mol. The van der Waals surface area contributed by atoms with E-state index in [0.717, 1.165) is 6.42 Å². The van der Waals surface area contributed by atoms with Crippen LogP contribution in [0.1, 0.15) is 22.8 Å². The fourth-order valence-electron chi connectivity index (χ4n) is 1.53. The lowest BCUT2D eigenvalue weighted by Gasteiger charge is -2.06. The van der Waals surface area contributed by atoms with Gasteiger partial charge in [-0.15, -0.1) is 10.2 Å². The molecule has 0 aliphatic rings. The van der Waals surface area contributed by atoms with Crippen molar-refractivity contribution in [2.24, 2.45) is 0 Å². The van der Waals surface area contributed by atoms with Gasteiger partial charge in [0.1, 0.15) is 0 Å². The minimum atomic E-state index is -0.369. The van der Waals surface area contributed by atoms with Crippen molar-refractivity contribution >= 4 is 34.8 Å². The number of aromatic nitrogens is 2. The zero-order chi connectivity index (χ0) is 13.8. The van der Waals surface area contributed by atoms with E-state index in [1.54, 1.807) is 0 Å². The van der Waals surface area contributed by atoms with Crippen LogP contribution in [0.2, 0.25) is 10.3 Å². The Hall–Kier alpha value is -1.65. The van der Waals surface area contributed by atoms with Gasteiger partial charge in [-0.05, 0) is 30.2 Å². The summed E-state index contributed by atoms with van der Waals surface area (Å²) in [5.41, 5.74) is 2.08. The van der Waals surface area contributed by atoms with Crippen LogP contribution in [0.3, 0.4) is 0 Å². The molecule has 2 aromatic rings. The van der Waals surface area contributed by atoms with Crippen LogP contribution in [-0.2, 0) is 6.42 Å². The lowest BCUT2D eigenvalue weighted by atomic mass is 10.1. The Morgan fingerprint density at radius 1 is 1.21 bits per heavy atom. The molecule has 1 N–H and O–H groups in total. The van der Waals surface area contributed by atoms with Crippen molar-refractivity contribution in [2.45, 2.75) is 13.3 Å². The third-order valence-electron chi connectivity index (χ3n) is 2.58. The fourth-order valence-corrected chi connectivity index (χ4v) is 1.86. The van der Waals surface area contributed by atoms with Crippen molar-refractivity contribution in [2.75, 3.05) is 5.32 Å². The molecule has 6 heteroatoms. The van der Waals surface area contributed by atoms with Crippen LogP contribution >= 0.6 is 23.2 Å². The van der Waals surface area contributed by atoms with Crippen molar-refractivity contribution < 1.29 is 4.79 Å². The van der Waals surface area contributed by atoms with Crippen LogP contribution in [0, 0.1) is 0 Å². The smallest absolute Gasteiger partial charge is 0.258 e. The molecule has 4 nitrogen and oxygen atoms in total. The van der Waals surface area contributed by atoms with E-state index < -0.39 is 0 Å². The molecule has 0 saturated heterocycles. The molecule has 1 aromatic heterocycles. The molecule has 0 aliphatic heterocycles. The third kappa shape index (κ3) is 3.43. The van der Waals surface area contributed by atoms with E-state index in [4.69, 9.17) is 23.2 Å². The number of aryl methyl sites for hydroxylation is 1. The number of nitrogens with one attached hydrogen (secondary N) is 1. The van der Waals surface area contributed by atoms with Gasteiger partial charge in [-0.25, -0.2) is 0 Å². The molecule has 0 bridgehead atoms. The second-order valence-corrected chi connectivity index (χ2v) is 4.62. The summed E-state index contributed by atoms with van der Waals surface area (Å²) in [5.74, 6) is -0.369. The molecule has 2 rings (SSSR count). The largest absolute Gasteiger partial charge is 0.322 e. The number of hydrogen-bond donors (Lipinski definition) is 1. The van der Waals surface area contributed by atoms with Crippen LogP contribution in [-0.4, -0.2) is 16.1 Å². The Bertz CT molecular complexity index is 599. The molecule has 0 aliphatic carbocycles. The van der Waals surface area contributed by atoms with Crippen LogP contribution < -0.4 is 5.32 Å². The number of halogens is 2. The average Bonchev–Trinajstić information content (AvgIpc) is 2.42. The second-order valence-electron chi connectivity index (χ2n) is 3.88. The van der Waals surface area contributed by atoms with Crippen molar-refractivity contribution in [3.05, 3.63) is 51.8 Å². The average molecular weight is 296 g/mol. The summed E-state index contributed by atoms with van der Waals surface area (Å²) >= 11 is 11.5. The lowest BCUT2D eigenvalue weighted by Crippen LogP contribution is -2.13. The predicted molar refractivity (Wildman–Crippen MR) is 75.8 cm³/mol. The molecule has 1 heterocycles. The van der Waals surface area contributed by atoms with E-state index in [0.29, 0.717) is 5.69 Å². The van der Waals surface area contributed by atoms with Crippen molar-refractivity contribution in [1.82, 2.24) is 10.2 Å². The first-order valence-electron chi connectivity index (χ1n) is 5.69. The molecular weight excluding hydrogens is 285 g/mol. The van der Waals surface area contributed by atoms with Crippen molar-refractivity contribution in [1.29, 1.82) is 0 Å². The number of carbonyl (C=O) groups is 1. The predicted octanol–water partition coefficient (Wildman–Crippen LogP) is 3.60. The number of benzene rings is 1. The van der Waals surface area contributed by atoms with Gasteiger partial charge in [-0.2, -0.15) is 0 Å². The SMILES string of the molecule is CCc1ccc(NC(=O)c2cc(Cl)nnc2Cl)cc1. The maximum absolute atomic E-state index is 12.0. The number of anilines is 1. The fraction of sp³-hybridized carbons (Fsp3) is 0.154. The van der Waals surface area contributed by atoms with E-state index in [1.807, 2.05) is 24.3 Å². The quantitative estimate of drug-likeness (QED) is 0.941. The van der Waals surface area contributed by atoms with Gasteiger partial charge in [-0.3, -0.25) is 4.79 Å². The maximum atomic E-state index is 12.0. The van der Waals surface area contributed by atoms with Gasteiger partial charge in [0.05, 0.1) is 5.56 Å². The second kappa shape index (κ2) is 5.99. The van der Waals surface area contributed by atoms with E-state index in [-0.39, 0.29) is 21.8 Å². The minimum absolute atomic E-state index is 0.0204. The van der Waals surface area contributed by atoms with Gasteiger partial charge in [0, 0.05) is 5.69 Å². The highest BCUT2D eigenvalue weighted by atomic mass is 35.5. The first-order valence-corrected chi connectivity index (χ1v) is 6.44. The molecule has 0 radical (unpaired) electrons. The van der Waals surface area contributed by atoms with E-state index in [2.05, 4.69) is 22.4 Å². The Balaban J connectivity index is 2.18. The highest BCUT2D eigenvalue weighted by Crippen LogP contribution is 2.18. The minimum Gasteiger partial charge on any atom is -0.322 e. The van der Waals surface area contributed by atoms with Crippen molar-refractivity contribution in [3.63, 3.8) is 0 Å². The normalized spacial score (nSPS) is 10.3. The molecule has 0 saturated carbocycles. The van der Waals surface area contributed by atoms with Crippen LogP contribution in [0.5, 0.6) is 0 Å². The summed E-state index contributed by atoms with van der Waals surface area (Å²) in [7, 11) is 0. The molecular formula is C13H11Cl2N3O. The summed E-state index contributed by atoms with van der Waals surface area (Å²) in [6, 6.07) is 8.96. The van der Waals surface area contributed by atoms with Gasteiger partial charge in [0.2, 0.25) is 0 Å². The topological polar surface area (TPSA) is 54.9 Å². The van der Waals surface area contributed by atoms with Gasteiger partial charge < -0.3 is 5.32 Å². The zero-order valence-corrected chi connectivity index (χ0v) is 11.7. The highest BCUT2D eigenvalue weighted by molar-refractivity contribution is 6.34. The summed E-state index contributed by atoms with van der Waals surface area (Å²) in [6.45, 7) is 2.07. The summed E-state index contributed by atoms with van der Waals surface area (Å²) in [4.78, 5) is 12.0. The summed E-state index contributed by atoms with van der Waals surface area (Å²) < 4.78 is 0. The molecule has 98 valence electrons. The van der Waals surface area contributed by atoms with Gasteiger partial charge in [0.15, 0.2) is 10.3 Å². The number of hydrogen-bond acceptors (Lipinski definition) is 3. The van der Waals surface area contributed by atoms with Crippen molar-refractivity contribution in [3.8, 4) is 0 Å². The zero-order valence-electron chi connectivity index (χ0n) is 10.2. The molecule has 0 spiro atoms. The Morgan fingerprint density at radius 3 is 2.53 bits per heavy atom. The molecule has 0 fully saturated rings. The molecule has 1 amide bonds.